The van der Waals surface area contributed by atoms with E-state index in [2.05, 4.69) is 5.32 Å². The van der Waals surface area contributed by atoms with Crippen molar-refractivity contribution in [2.24, 2.45) is 0 Å². The van der Waals surface area contributed by atoms with Gasteiger partial charge in [0.05, 0.1) is 18.6 Å². The molecule has 104 valence electrons. The fraction of sp³-hybridized carbons (Fsp3) is 0.467. The molecule has 0 fully saturated rings. The van der Waals surface area contributed by atoms with Crippen molar-refractivity contribution < 1.29 is 14.3 Å². The molecule has 0 saturated carbocycles. The van der Waals surface area contributed by atoms with E-state index in [-0.39, 0.29) is 24.5 Å². The van der Waals surface area contributed by atoms with Gasteiger partial charge in [0.25, 0.3) is 0 Å². The Morgan fingerprint density at radius 3 is 2.47 bits per heavy atom. The summed E-state index contributed by atoms with van der Waals surface area (Å²) in [5, 5.41) is 2.66. The number of carbonyl (C=O) groups excluding carboxylic acids is 2. The maximum Gasteiger partial charge on any atom is 0.225 e. The zero-order valence-corrected chi connectivity index (χ0v) is 11.7. The van der Waals surface area contributed by atoms with Crippen LogP contribution in [0.15, 0.2) is 30.3 Å². The number of hydrogen-bond donors (Lipinski definition) is 1. The van der Waals surface area contributed by atoms with Gasteiger partial charge < -0.3 is 14.8 Å². The molecule has 4 heteroatoms. The smallest absolute Gasteiger partial charge is 0.225 e. The van der Waals surface area contributed by atoms with E-state index in [0.29, 0.717) is 6.29 Å². The van der Waals surface area contributed by atoms with Gasteiger partial charge in [-0.3, -0.25) is 4.79 Å². The quantitative estimate of drug-likeness (QED) is 0.795. The van der Waals surface area contributed by atoms with Gasteiger partial charge in [0, 0.05) is 0 Å². The number of nitrogens with one attached hydrogen (secondary N) is 1. The van der Waals surface area contributed by atoms with Crippen LogP contribution in [0.1, 0.15) is 26.3 Å². The standard InChI is InChI=1S/C15H21NO3/c1-15(2,3)19-11-13(10-17)16-14(18)9-12-7-5-4-6-8-12/h4-8,10,13H,9,11H2,1-3H3,(H,16,18). The highest BCUT2D eigenvalue weighted by Gasteiger charge is 2.16. The average Bonchev–Trinajstić information content (AvgIpc) is 2.34. The summed E-state index contributed by atoms with van der Waals surface area (Å²) in [6.45, 7) is 5.90. The number of benzene rings is 1. The summed E-state index contributed by atoms with van der Waals surface area (Å²) in [5.74, 6) is -0.180. The number of aldehydes is 1. The first kappa shape index (κ1) is 15.4. The van der Waals surface area contributed by atoms with Crippen molar-refractivity contribution in [1.29, 1.82) is 0 Å². The van der Waals surface area contributed by atoms with Crippen LogP contribution in [-0.2, 0) is 20.7 Å². The van der Waals surface area contributed by atoms with Gasteiger partial charge in [0.2, 0.25) is 5.91 Å². The lowest BCUT2D eigenvalue weighted by molar-refractivity contribution is -0.125. The molecule has 0 spiro atoms. The molecule has 0 aromatic heterocycles. The molecule has 0 radical (unpaired) electrons. The fourth-order valence-corrected chi connectivity index (χ4v) is 1.49. The van der Waals surface area contributed by atoms with Gasteiger partial charge in [-0.05, 0) is 26.3 Å². The third-order valence-electron chi connectivity index (χ3n) is 2.41. The summed E-state index contributed by atoms with van der Waals surface area (Å²) in [7, 11) is 0. The Kier molecular flexibility index (Phi) is 5.70. The van der Waals surface area contributed by atoms with Crippen LogP contribution in [0, 0.1) is 0 Å². The summed E-state index contributed by atoms with van der Waals surface area (Å²) < 4.78 is 5.49. The van der Waals surface area contributed by atoms with Crippen molar-refractivity contribution in [2.45, 2.75) is 38.8 Å². The minimum atomic E-state index is -0.601. The molecule has 0 aliphatic rings. The van der Waals surface area contributed by atoms with Crippen LogP contribution in [0.25, 0.3) is 0 Å². The third kappa shape index (κ3) is 6.72. The molecule has 1 aromatic carbocycles. The fourth-order valence-electron chi connectivity index (χ4n) is 1.49. The van der Waals surface area contributed by atoms with E-state index < -0.39 is 6.04 Å². The Hall–Kier alpha value is -1.68. The van der Waals surface area contributed by atoms with Gasteiger partial charge in [0.1, 0.15) is 12.3 Å². The molecule has 0 heterocycles. The molecule has 0 aliphatic carbocycles. The number of rotatable bonds is 6. The molecule has 0 aliphatic heterocycles. The number of amides is 1. The van der Waals surface area contributed by atoms with Gasteiger partial charge in [-0.25, -0.2) is 0 Å². The van der Waals surface area contributed by atoms with Crippen molar-refractivity contribution in [3.8, 4) is 0 Å². The van der Waals surface area contributed by atoms with Crippen molar-refractivity contribution in [1.82, 2.24) is 5.32 Å². The lowest BCUT2D eigenvalue weighted by Gasteiger charge is -2.22. The predicted octanol–water partition coefficient (Wildman–Crippen LogP) is 1.73. The van der Waals surface area contributed by atoms with Crippen molar-refractivity contribution >= 4 is 12.2 Å². The topological polar surface area (TPSA) is 55.4 Å². The zero-order chi connectivity index (χ0) is 14.3. The van der Waals surface area contributed by atoms with Crippen LogP contribution in [-0.4, -0.2) is 30.4 Å². The Morgan fingerprint density at radius 2 is 1.95 bits per heavy atom. The highest BCUT2D eigenvalue weighted by Crippen LogP contribution is 2.07. The van der Waals surface area contributed by atoms with Crippen molar-refractivity contribution in [2.75, 3.05) is 6.61 Å². The van der Waals surface area contributed by atoms with E-state index in [4.69, 9.17) is 4.74 Å². The second kappa shape index (κ2) is 7.04. The predicted molar refractivity (Wildman–Crippen MR) is 73.8 cm³/mol. The summed E-state index contributed by atoms with van der Waals surface area (Å²) in [5.41, 5.74) is 0.590. The first-order chi connectivity index (χ1) is 8.90. The maximum absolute atomic E-state index is 11.8. The normalized spacial score (nSPS) is 12.8. The van der Waals surface area contributed by atoms with E-state index in [0.717, 1.165) is 5.56 Å². The van der Waals surface area contributed by atoms with Gasteiger partial charge in [-0.2, -0.15) is 0 Å². The number of ether oxygens (including phenoxy) is 1. The van der Waals surface area contributed by atoms with Crippen LogP contribution >= 0.6 is 0 Å². The van der Waals surface area contributed by atoms with E-state index in [1.807, 2.05) is 51.1 Å². The Morgan fingerprint density at radius 1 is 1.32 bits per heavy atom. The molecule has 1 atom stereocenters. The molecule has 1 unspecified atom stereocenters. The monoisotopic (exact) mass is 263 g/mol. The minimum absolute atomic E-state index is 0.180. The van der Waals surface area contributed by atoms with Crippen molar-refractivity contribution in [3.63, 3.8) is 0 Å². The molecule has 0 saturated heterocycles. The van der Waals surface area contributed by atoms with Crippen LogP contribution in [0.3, 0.4) is 0 Å². The lowest BCUT2D eigenvalue weighted by Crippen LogP contribution is -2.42. The van der Waals surface area contributed by atoms with E-state index in [1.165, 1.54) is 0 Å². The number of carbonyl (C=O) groups is 2. The molecule has 1 aromatic rings. The molecule has 0 bridgehead atoms. The summed E-state index contributed by atoms with van der Waals surface area (Å²) in [4.78, 5) is 22.7. The zero-order valence-electron chi connectivity index (χ0n) is 11.7. The summed E-state index contributed by atoms with van der Waals surface area (Å²) in [6.07, 6.45) is 0.968. The van der Waals surface area contributed by atoms with Gasteiger partial charge in [0.15, 0.2) is 0 Å². The molecule has 4 nitrogen and oxygen atoms in total. The van der Waals surface area contributed by atoms with Crippen LogP contribution in [0.4, 0.5) is 0 Å². The average molecular weight is 263 g/mol. The maximum atomic E-state index is 11.8. The molecule has 1 rings (SSSR count). The highest BCUT2D eigenvalue weighted by atomic mass is 16.5. The number of hydrogen-bond acceptors (Lipinski definition) is 3. The first-order valence-corrected chi connectivity index (χ1v) is 6.33. The van der Waals surface area contributed by atoms with Crippen LogP contribution in [0.2, 0.25) is 0 Å². The van der Waals surface area contributed by atoms with E-state index in [1.54, 1.807) is 0 Å². The largest absolute Gasteiger partial charge is 0.373 e. The third-order valence-corrected chi connectivity index (χ3v) is 2.41. The van der Waals surface area contributed by atoms with Crippen LogP contribution < -0.4 is 5.32 Å². The van der Waals surface area contributed by atoms with Crippen molar-refractivity contribution in [3.05, 3.63) is 35.9 Å². The van der Waals surface area contributed by atoms with Gasteiger partial charge in [-0.1, -0.05) is 30.3 Å². The molecule has 19 heavy (non-hydrogen) atoms. The SMILES string of the molecule is CC(C)(C)OCC(C=O)NC(=O)Cc1ccccc1. The molecular formula is C15H21NO3. The Labute approximate surface area is 114 Å². The molecular weight excluding hydrogens is 242 g/mol. The van der Waals surface area contributed by atoms with E-state index >= 15 is 0 Å². The van der Waals surface area contributed by atoms with Gasteiger partial charge in [-0.15, -0.1) is 0 Å². The van der Waals surface area contributed by atoms with Crippen LogP contribution in [0.5, 0.6) is 0 Å². The van der Waals surface area contributed by atoms with E-state index in [9.17, 15) is 9.59 Å². The highest BCUT2D eigenvalue weighted by molar-refractivity contribution is 5.81. The lowest BCUT2D eigenvalue weighted by atomic mass is 10.1. The summed E-state index contributed by atoms with van der Waals surface area (Å²) in [6, 6.07) is 8.80. The Bertz CT molecular complexity index is 409. The summed E-state index contributed by atoms with van der Waals surface area (Å²) >= 11 is 0. The first-order valence-electron chi connectivity index (χ1n) is 6.33. The second-order valence-electron chi connectivity index (χ2n) is 5.40. The molecule has 1 amide bonds. The van der Waals surface area contributed by atoms with Gasteiger partial charge >= 0.3 is 0 Å². The Balaban J connectivity index is 2.43. The minimum Gasteiger partial charge on any atom is -0.373 e. The second-order valence-corrected chi connectivity index (χ2v) is 5.40. The molecule has 1 N–H and O–H groups in total.